The first-order valence-corrected chi connectivity index (χ1v) is 7.43. The summed E-state index contributed by atoms with van der Waals surface area (Å²) >= 11 is 1.36. The molecule has 2 heterocycles. The minimum Gasteiger partial charge on any atom is -0.392 e. The van der Waals surface area contributed by atoms with Gasteiger partial charge in [-0.3, -0.25) is 5.10 Å². The Morgan fingerprint density at radius 2 is 2.33 bits per heavy atom. The molecule has 98 valence electrons. The van der Waals surface area contributed by atoms with Gasteiger partial charge in [0.1, 0.15) is 5.01 Å². The van der Waals surface area contributed by atoms with Crippen LogP contribution in [0.2, 0.25) is 0 Å². The molecular weight excluding hydrogens is 276 g/mol. The van der Waals surface area contributed by atoms with Crippen LogP contribution in [0.1, 0.15) is 16.3 Å². The Morgan fingerprint density at radius 3 is 2.94 bits per heavy atom. The molecule has 0 unspecified atom stereocenters. The van der Waals surface area contributed by atoms with Crippen molar-refractivity contribution >= 4 is 21.4 Å². The van der Waals surface area contributed by atoms with Crippen LogP contribution in [-0.2, 0) is 23.2 Å². The van der Waals surface area contributed by atoms with Crippen LogP contribution in [0.5, 0.6) is 0 Å². The fraction of sp³-hybridized carbons (Fsp3) is 0.333. The minimum atomic E-state index is -3.74. The number of hydrogen-bond acceptors (Lipinski definition) is 6. The number of aliphatic hydroxyl groups excluding tert-OH is 1. The molecule has 18 heavy (non-hydrogen) atoms. The number of aromatic amines is 1. The van der Waals surface area contributed by atoms with Crippen LogP contribution in [0.3, 0.4) is 0 Å². The summed E-state index contributed by atoms with van der Waals surface area (Å²) in [6, 6.07) is 0. The number of thiazole rings is 1. The van der Waals surface area contributed by atoms with Crippen molar-refractivity contribution < 1.29 is 13.5 Å². The molecule has 3 N–H and O–H groups in total. The number of hydrogen-bond donors (Lipinski definition) is 3. The van der Waals surface area contributed by atoms with Crippen molar-refractivity contribution in [3.05, 3.63) is 27.8 Å². The summed E-state index contributed by atoms with van der Waals surface area (Å²) in [4.78, 5) is 3.97. The van der Waals surface area contributed by atoms with Crippen LogP contribution in [0.15, 0.2) is 16.6 Å². The maximum atomic E-state index is 12.0. The van der Waals surface area contributed by atoms with Crippen LogP contribution in [0.4, 0.5) is 0 Å². The maximum Gasteiger partial charge on any atom is 0.260 e. The second-order valence-corrected chi connectivity index (χ2v) is 6.20. The molecule has 9 heteroatoms. The molecule has 0 fully saturated rings. The van der Waals surface area contributed by atoms with Crippen molar-refractivity contribution in [3.63, 3.8) is 0 Å². The SMILES string of the molecule is Cc1[nH]nc(S(=O)(=O)NCc2nccs2)c1CO. The summed E-state index contributed by atoms with van der Waals surface area (Å²) in [6.45, 7) is 1.38. The standard InChI is InChI=1S/C9H12N4O3S2/c1-6-7(5-14)9(13-12-6)18(15,16)11-4-8-10-2-3-17-8/h2-3,11,14H,4-5H2,1H3,(H,12,13). The molecule has 0 aliphatic rings. The van der Waals surface area contributed by atoms with E-state index in [0.29, 0.717) is 10.7 Å². The van der Waals surface area contributed by atoms with Crippen molar-refractivity contribution in [1.82, 2.24) is 19.9 Å². The molecule has 0 bridgehead atoms. The smallest absolute Gasteiger partial charge is 0.260 e. The third-order valence-electron chi connectivity index (χ3n) is 2.35. The Kier molecular flexibility index (Phi) is 3.76. The van der Waals surface area contributed by atoms with Gasteiger partial charge < -0.3 is 5.11 Å². The number of aliphatic hydroxyl groups is 1. The summed E-state index contributed by atoms with van der Waals surface area (Å²) in [6.07, 6.45) is 1.60. The third kappa shape index (κ3) is 2.58. The predicted molar refractivity (Wildman–Crippen MR) is 65.4 cm³/mol. The van der Waals surface area contributed by atoms with Gasteiger partial charge in [0, 0.05) is 22.8 Å². The largest absolute Gasteiger partial charge is 0.392 e. The van der Waals surface area contributed by atoms with Gasteiger partial charge in [0.25, 0.3) is 10.0 Å². The lowest BCUT2D eigenvalue weighted by Gasteiger charge is -2.04. The molecule has 2 aromatic rings. The van der Waals surface area contributed by atoms with Crippen molar-refractivity contribution in [2.45, 2.75) is 25.1 Å². The lowest BCUT2D eigenvalue weighted by Crippen LogP contribution is -2.24. The number of nitrogens with zero attached hydrogens (tertiary/aromatic N) is 2. The van der Waals surface area contributed by atoms with E-state index in [0.717, 1.165) is 0 Å². The highest BCUT2D eigenvalue weighted by atomic mass is 32.2. The average Bonchev–Trinajstić information content (AvgIpc) is 2.95. The van der Waals surface area contributed by atoms with Gasteiger partial charge in [0.2, 0.25) is 0 Å². The first kappa shape index (κ1) is 13.1. The highest BCUT2D eigenvalue weighted by Gasteiger charge is 2.23. The predicted octanol–water partition coefficient (Wildman–Crippen LogP) is 0.145. The number of aryl methyl sites for hydroxylation is 1. The zero-order chi connectivity index (χ0) is 13.2. The first-order chi connectivity index (χ1) is 8.54. The minimum absolute atomic E-state index is 0.108. The van der Waals surface area contributed by atoms with Crippen molar-refractivity contribution in [1.29, 1.82) is 0 Å². The summed E-state index contributed by atoms with van der Waals surface area (Å²) in [5, 5.41) is 17.7. The van der Waals surface area contributed by atoms with E-state index in [1.807, 2.05) is 0 Å². The van der Waals surface area contributed by atoms with E-state index in [-0.39, 0.29) is 23.7 Å². The van der Waals surface area contributed by atoms with Crippen LogP contribution in [-0.4, -0.2) is 28.7 Å². The molecule has 2 aromatic heterocycles. The van der Waals surface area contributed by atoms with Crippen molar-refractivity contribution in [2.24, 2.45) is 0 Å². The summed E-state index contributed by atoms with van der Waals surface area (Å²) < 4.78 is 26.4. The number of H-pyrrole nitrogens is 1. The molecule has 7 nitrogen and oxygen atoms in total. The number of aromatic nitrogens is 3. The lowest BCUT2D eigenvalue weighted by molar-refractivity contribution is 0.277. The average molecular weight is 288 g/mol. The molecule has 0 amide bonds. The molecule has 0 aliphatic carbocycles. The fourth-order valence-corrected chi connectivity index (χ4v) is 3.22. The van der Waals surface area contributed by atoms with Crippen LogP contribution in [0, 0.1) is 6.92 Å². The lowest BCUT2D eigenvalue weighted by atomic mass is 10.3. The monoisotopic (exact) mass is 288 g/mol. The molecule has 0 spiro atoms. The normalized spacial score (nSPS) is 11.9. The zero-order valence-corrected chi connectivity index (χ0v) is 11.2. The topological polar surface area (TPSA) is 108 Å². The van der Waals surface area contributed by atoms with Gasteiger partial charge in [0.15, 0.2) is 5.03 Å². The van der Waals surface area contributed by atoms with Gasteiger partial charge in [-0.15, -0.1) is 11.3 Å². The Labute approximate surface area is 108 Å². The van der Waals surface area contributed by atoms with Gasteiger partial charge in [-0.05, 0) is 6.92 Å². The Balaban J connectivity index is 2.20. The van der Waals surface area contributed by atoms with Crippen molar-refractivity contribution in [2.75, 3.05) is 0 Å². The molecule has 0 saturated heterocycles. The van der Waals surface area contributed by atoms with Crippen LogP contribution < -0.4 is 4.72 Å². The number of sulfonamides is 1. The quantitative estimate of drug-likeness (QED) is 0.725. The van der Waals surface area contributed by atoms with E-state index in [1.165, 1.54) is 11.3 Å². The second kappa shape index (κ2) is 5.14. The molecule has 2 rings (SSSR count). The Bertz CT molecular complexity index is 618. The Morgan fingerprint density at radius 1 is 1.56 bits per heavy atom. The number of rotatable bonds is 5. The Hall–Kier alpha value is -1.29. The van der Waals surface area contributed by atoms with Gasteiger partial charge in [-0.25, -0.2) is 18.1 Å². The van der Waals surface area contributed by atoms with E-state index < -0.39 is 10.0 Å². The molecule has 0 aromatic carbocycles. The van der Waals surface area contributed by atoms with E-state index in [9.17, 15) is 8.42 Å². The summed E-state index contributed by atoms with van der Waals surface area (Å²) in [5.74, 6) is 0. The van der Waals surface area contributed by atoms with Crippen LogP contribution >= 0.6 is 11.3 Å². The van der Waals surface area contributed by atoms with Crippen LogP contribution in [0.25, 0.3) is 0 Å². The highest BCUT2D eigenvalue weighted by molar-refractivity contribution is 7.89. The van der Waals surface area contributed by atoms with E-state index in [2.05, 4.69) is 19.9 Å². The molecular formula is C9H12N4O3S2. The van der Waals surface area contributed by atoms with Gasteiger partial charge in [-0.1, -0.05) is 0 Å². The zero-order valence-electron chi connectivity index (χ0n) is 9.54. The third-order valence-corrected chi connectivity index (χ3v) is 4.50. The number of nitrogens with one attached hydrogen (secondary N) is 2. The van der Waals surface area contributed by atoms with E-state index in [1.54, 1.807) is 18.5 Å². The van der Waals surface area contributed by atoms with Gasteiger partial charge >= 0.3 is 0 Å². The molecule has 0 atom stereocenters. The molecule has 0 radical (unpaired) electrons. The first-order valence-electron chi connectivity index (χ1n) is 5.07. The van der Waals surface area contributed by atoms with E-state index in [4.69, 9.17) is 5.11 Å². The highest BCUT2D eigenvalue weighted by Crippen LogP contribution is 2.16. The van der Waals surface area contributed by atoms with E-state index >= 15 is 0 Å². The fourth-order valence-electron chi connectivity index (χ4n) is 1.40. The molecule has 0 aliphatic heterocycles. The van der Waals surface area contributed by atoms with Gasteiger partial charge in [-0.2, -0.15) is 5.10 Å². The van der Waals surface area contributed by atoms with Crippen molar-refractivity contribution in [3.8, 4) is 0 Å². The second-order valence-electron chi connectivity index (χ2n) is 3.54. The maximum absolute atomic E-state index is 12.0. The summed E-state index contributed by atoms with van der Waals surface area (Å²) in [5.41, 5.74) is 0.814. The van der Waals surface area contributed by atoms with Gasteiger partial charge in [0.05, 0.1) is 13.2 Å². The summed E-state index contributed by atoms with van der Waals surface area (Å²) in [7, 11) is -3.74. The molecule has 0 saturated carbocycles.